The molecule has 0 radical (unpaired) electrons. The van der Waals surface area contributed by atoms with Crippen LogP contribution in [0.1, 0.15) is 12.5 Å². The molecular formula is C12H15N3O2. The van der Waals surface area contributed by atoms with Gasteiger partial charge in [-0.2, -0.15) is 0 Å². The van der Waals surface area contributed by atoms with Crippen LogP contribution in [0.5, 0.6) is 0 Å². The van der Waals surface area contributed by atoms with Crippen LogP contribution >= 0.6 is 0 Å². The van der Waals surface area contributed by atoms with E-state index < -0.39 is 5.97 Å². The zero-order chi connectivity index (χ0) is 12.3. The van der Waals surface area contributed by atoms with E-state index in [0.29, 0.717) is 6.54 Å². The number of nitrogens with zero attached hydrogens (tertiary/aromatic N) is 2. The number of hydrogen-bond donors (Lipinski definition) is 2. The second-order valence-electron chi connectivity index (χ2n) is 3.85. The average molecular weight is 233 g/mol. The highest BCUT2D eigenvalue weighted by Crippen LogP contribution is 2.14. The van der Waals surface area contributed by atoms with Crippen molar-refractivity contribution in [3.05, 3.63) is 30.1 Å². The van der Waals surface area contributed by atoms with Crippen LogP contribution in [-0.4, -0.2) is 27.2 Å². The molecule has 0 saturated heterocycles. The molecule has 17 heavy (non-hydrogen) atoms. The van der Waals surface area contributed by atoms with Gasteiger partial charge in [-0.05, 0) is 24.6 Å². The summed E-state index contributed by atoms with van der Waals surface area (Å²) in [6.07, 6.45) is 1.82. The summed E-state index contributed by atoms with van der Waals surface area (Å²) in [7, 11) is 0. The van der Waals surface area contributed by atoms with Crippen LogP contribution in [-0.2, 0) is 17.9 Å². The molecule has 1 heterocycles. The van der Waals surface area contributed by atoms with Crippen LogP contribution in [0.25, 0.3) is 11.0 Å². The molecule has 0 saturated carbocycles. The fourth-order valence-corrected chi connectivity index (χ4v) is 1.79. The Labute approximate surface area is 99.1 Å². The lowest BCUT2D eigenvalue weighted by atomic mass is 10.2. The molecule has 1 aromatic carbocycles. The monoisotopic (exact) mass is 233 g/mol. The maximum absolute atomic E-state index is 10.4. The number of imidazole rings is 1. The summed E-state index contributed by atoms with van der Waals surface area (Å²) in [4.78, 5) is 14.7. The lowest BCUT2D eigenvalue weighted by molar-refractivity contribution is -0.135. The zero-order valence-electron chi connectivity index (χ0n) is 9.68. The molecule has 2 rings (SSSR count). The van der Waals surface area contributed by atoms with E-state index in [4.69, 9.17) is 5.11 Å². The Morgan fingerprint density at radius 2 is 2.35 bits per heavy atom. The Kier molecular flexibility index (Phi) is 3.39. The van der Waals surface area contributed by atoms with Gasteiger partial charge in [0.15, 0.2) is 0 Å². The third kappa shape index (κ3) is 2.62. The van der Waals surface area contributed by atoms with Gasteiger partial charge in [0.2, 0.25) is 0 Å². The van der Waals surface area contributed by atoms with Crippen LogP contribution in [0.4, 0.5) is 0 Å². The first-order chi connectivity index (χ1) is 8.20. The van der Waals surface area contributed by atoms with Crippen LogP contribution in [0.3, 0.4) is 0 Å². The van der Waals surface area contributed by atoms with Crippen molar-refractivity contribution in [2.45, 2.75) is 20.0 Å². The van der Waals surface area contributed by atoms with Gasteiger partial charge in [0, 0.05) is 13.1 Å². The molecule has 0 bridgehead atoms. The number of fused-ring (bicyclic) bond motifs is 1. The highest BCUT2D eigenvalue weighted by atomic mass is 16.4. The molecule has 0 spiro atoms. The molecule has 5 nitrogen and oxygen atoms in total. The largest absolute Gasteiger partial charge is 0.480 e. The summed E-state index contributed by atoms with van der Waals surface area (Å²) < 4.78 is 2.07. The van der Waals surface area contributed by atoms with E-state index >= 15 is 0 Å². The molecule has 0 aliphatic carbocycles. The van der Waals surface area contributed by atoms with E-state index in [1.165, 1.54) is 0 Å². The molecule has 0 unspecified atom stereocenters. The van der Waals surface area contributed by atoms with E-state index in [-0.39, 0.29) is 6.54 Å². The molecule has 2 aromatic rings. The molecule has 5 heteroatoms. The van der Waals surface area contributed by atoms with E-state index in [1.54, 1.807) is 0 Å². The van der Waals surface area contributed by atoms with Crippen molar-refractivity contribution in [3.63, 3.8) is 0 Å². The van der Waals surface area contributed by atoms with Crippen molar-refractivity contribution in [2.24, 2.45) is 0 Å². The number of carboxylic acid groups (broad SMARTS) is 1. The number of carbonyl (C=O) groups is 1. The predicted octanol–water partition coefficient (Wildman–Crippen LogP) is 1.23. The molecule has 0 aliphatic rings. The number of aryl methyl sites for hydroxylation is 1. The molecule has 90 valence electrons. The molecule has 0 aliphatic heterocycles. The van der Waals surface area contributed by atoms with Gasteiger partial charge in [-0.1, -0.05) is 6.07 Å². The number of nitrogens with one attached hydrogen (secondary N) is 1. The number of benzene rings is 1. The van der Waals surface area contributed by atoms with E-state index in [0.717, 1.165) is 23.1 Å². The van der Waals surface area contributed by atoms with E-state index in [2.05, 4.69) is 21.8 Å². The number of hydrogen-bond acceptors (Lipinski definition) is 3. The molecular weight excluding hydrogens is 218 g/mol. The van der Waals surface area contributed by atoms with Gasteiger partial charge >= 0.3 is 5.97 Å². The maximum atomic E-state index is 10.4. The van der Waals surface area contributed by atoms with Crippen molar-refractivity contribution in [2.75, 3.05) is 6.54 Å². The van der Waals surface area contributed by atoms with Crippen molar-refractivity contribution in [1.29, 1.82) is 0 Å². The number of aliphatic carboxylic acids is 1. The molecule has 0 fully saturated rings. The second-order valence-corrected chi connectivity index (χ2v) is 3.85. The number of rotatable bonds is 5. The van der Waals surface area contributed by atoms with E-state index in [1.807, 2.05) is 24.5 Å². The molecule has 0 amide bonds. The van der Waals surface area contributed by atoms with Gasteiger partial charge in [0.05, 0.1) is 23.9 Å². The molecule has 1 aromatic heterocycles. The number of aromatic nitrogens is 2. The van der Waals surface area contributed by atoms with Crippen molar-refractivity contribution in [3.8, 4) is 0 Å². The van der Waals surface area contributed by atoms with Gasteiger partial charge in [-0.25, -0.2) is 4.98 Å². The maximum Gasteiger partial charge on any atom is 0.317 e. The Morgan fingerprint density at radius 3 is 3.06 bits per heavy atom. The molecule has 2 N–H and O–H groups in total. The van der Waals surface area contributed by atoms with Crippen molar-refractivity contribution in [1.82, 2.24) is 14.9 Å². The van der Waals surface area contributed by atoms with Crippen LogP contribution < -0.4 is 5.32 Å². The van der Waals surface area contributed by atoms with Gasteiger partial charge in [-0.3, -0.25) is 4.79 Å². The SMILES string of the molecule is CCn1cnc2cc(CNCC(=O)O)ccc21. The second kappa shape index (κ2) is 4.97. The third-order valence-electron chi connectivity index (χ3n) is 2.63. The third-order valence-corrected chi connectivity index (χ3v) is 2.63. The minimum atomic E-state index is -0.846. The Morgan fingerprint density at radius 1 is 1.53 bits per heavy atom. The zero-order valence-corrected chi connectivity index (χ0v) is 9.68. The first-order valence-corrected chi connectivity index (χ1v) is 5.57. The van der Waals surface area contributed by atoms with Crippen molar-refractivity contribution >= 4 is 17.0 Å². The topological polar surface area (TPSA) is 67.2 Å². The van der Waals surface area contributed by atoms with Crippen LogP contribution in [0, 0.1) is 0 Å². The highest BCUT2D eigenvalue weighted by Gasteiger charge is 2.02. The Hall–Kier alpha value is -1.88. The summed E-state index contributed by atoms with van der Waals surface area (Å²) in [6, 6.07) is 5.99. The summed E-state index contributed by atoms with van der Waals surface area (Å²) in [5.41, 5.74) is 3.09. The Balaban J connectivity index is 2.12. The van der Waals surface area contributed by atoms with Gasteiger partial charge in [0.25, 0.3) is 0 Å². The van der Waals surface area contributed by atoms with Crippen LogP contribution in [0.2, 0.25) is 0 Å². The average Bonchev–Trinajstić information content (AvgIpc) is 2.70. The quantitative estimate of drug-likeness (QED) is 0.815. The summed E-state index contributed by atoms with van der Waals surface area (Å²) in [6.45, 7) is 3.49. The standard InChI is InChI=1S/C12H15N3O2/c1-2-15-8-14-10-5-9(3-4-11(10)15)6-13-7-12(16)17/h3-5,8,13H,2,6-7H2,1H3,(H,16,17). The van der Waals surface area contributed by atoms with Gasteiger partial charge in [-0.15, -0.1) is 0 Å². The van der Waals surface area contributed by atoms with Crippen molar-refractivity contribution < 1.29 is 9.90 Å². The highest BCUT2D eigenvalue weighted by molar-refractivity contribution is 5.76. The molecule has 0 atom stereocenters. The van der Waals surface area contributed by atoms with Gasteiger partial charge in [0.1, 0.15) is 0 Å². The normalized spacial score (nSPS) is 10.9. The summed E-state index contributed by atoms with van der Waals surface area (Å²) in [5.74, 6) is -0.846. The fourth-order valence-electron chi connectivity index (χ4n) is 1.79. The summed E-state index contributed by atoms with van der Waals surface area (Å²) in [5, 5.41) is 11.4. The number of carboxylic acids is 1. The Bertz CT molecular complexity index is 534. The lowest BCUT2D eigenvalue weighted by Crippen LogP contribution is -2.21. The first-order valence-electron chi connectivity index (χ1n) is 5.57. The lowest BCUT2D eigenvalue weighted by Gasteiger charge is -2.03. The van der Waals surface area contributed by atoms with E-state index in [9.17, 15) is 4.79 Å². The summed E-state index contributed by atoms with van der Waals surface area (Å²) >= 11 is 0. The minimum absolute atomic E-state index is 0.0264. The van der Waals surface area contributed by atoms with Gasteiger partial charge < -0.3 is 15.0 Å². The minimum Gasteiger partial charge on any atom is -0.480 e. The van der Waals surface area contributed by atoms with Crippen LogP contribution in [0.15, 0.2) is 24.5 Å². The fraction of sp³-hybridized carbons (Fsp3) is 0.333. The smallest absolute Gasteiger partial charge is 0.317 e. The first kappa shape index (κ1) is 11.6. The predicted molar refractivity (Wildman–Crippen MR) is 64.7 cm³/mol.